The minimum absolute atomic E-state index is 0.0344. The molecule has 0 fully saturated rings. The molecule has 6 nitrogen and oxygen atoms in total. The SMILES string of the molecule is O=C1C[C@@]2(C(=O)Nc3ccc(Cl)cc32)c2sc(C(=O)O)c(-c3ccc(Cl)cc3)c2N1. The summed E-state index contributed by atoms with van der Waals surface area (Å²) in [7, 11) is 0. The Labute approximate surface area is 184 Å². The number of halogens is 2. The van der Waals surface area contributed by atoms with Crippen LogP contribution in [0.5, 0.6) is 0 Å². The first-order chi connectivity index (χ1) is 14.3. The van der Waals surface area contributed by atoms with Gasteiger partial charge in [0.05, 0.1) is 17.0 Å². The molecule has 0 bridgehead atoms. The Morgan fingerprint density at radius 3 is 2.43 bits per heavy atom. The number of hydrogen-bond acceptors (Lipinski definition) is 4. The van der Waals surface area contributed by atoms with Crippen molar-refractivity contribution < 1.29 is 19.5 Å². The van der Waals surface area contributed by atoms with Crippen LogP contribution < -0.4 is 10.6 Å². The van der Waals surface area contributed by atoms with Crippen molar-refractivity contribution in [3.8, 4) is 11.1 Å². The molecular formula is C21H12Cl2N2O4S. The lowest BCUT2D eigenvalue weighted by molar-refractivity contribution is -0.125. The summed E-state index contributed by atoms with van der Waals surface area (Å²) in [6, 6.07) is 11.6. The van der Waals surface area contributed by atoms with Gasteiger partial charge >= 0.3 is 5.97 Å². The van der Waals surface area contributed by atoms with Crippen LogP contribution in [0.4, 0.5) is 11.4 Å². The molecule has 5 rings (SSSR count). The van der Waals surface area contributed by atoms with Crippen LogP contribution in [0.2, 0.25) is 10.0 Å². The molecule has 3 heterocycles. The van der Waals surface area contributed by atoms with Gasteiger partial charge in [0.1, 0.15) is 10.3 Å². The predicted molar refractivity (Wildman–Crippen MR) is 116 cm³/mol. The quantitative estimate of drug-likeness (QED) is 0.503. The number of carboxylic acid groups (broad SMARTS) is 1. The van der Waals surface area contributed by atoms with E-state index in [9.17, 15) is 19.5 Å². The minimum atomic E-state index is -1.34. The molecule has 0 unspecified atom stereocenters. The third kappa shape index (κ3) is 2.59. The topological polar surface area (TPSA) is 95.5 Å². The van der Waals surface area contributed by atoms with Gasteiger partial charge in [0.25, 0.3) is 0 Å². The van der Waals surface area contributed by atoms with Crippen molar-refractivity contribution in [1.29, 1.82) is 0 Å². The molecule has 0 saturated carbocycles. The molecule has 150 valence electrons. The number of thiophene rings is 1. The predicted octanol–water partition coefficient (Wildman–Crippen LogP) is 5.00. The highest BCUT2D eigenvalue weighted by molar-refractivity contribution is 7.15. The standard InChI is InChI=1S/C21H12Cl2N2O4S/c22-10-3-1-9(2-4-10)15-16-18(30-17(15)19(27)28)21(8-14(26)25-16)12-7-11(23)5-6-13(12)24-20(21)29/h1-7H,8H2,(H,24,29)(H,25,26)(H,27,28)/t21-/m0/s1. The van der Waals surface area contributed by atoms with E-state index in [0.29, 0.717) is 43.0 Å². The first-order valence-electron chi connectivity index (χ1n) is 8.89. The normalized spacial score (nSPS) is 19.3. The molecule has 0 radical (unpaired) electrons. The Bertz CT molecular complexity index is 1270. The van der Waals surface area contributed by atoms with Crippen molar-refractivity contribution in [2.75, 3.05) is 10.6 Å². The van der Waals surface area contributed by atoms with Gasteiger partial charge in [-0.2, -0.15) is 0 Å². The first kappa shape index (κ1) is 19.1. The van der Waals surface area contributed by atoms with Gasteiger partial charge in [0.15, 0.2) is 0 Å². The molecule has 2 aliphatic heterocycles. The molecule has 30 heavy (non-hydrogen) atoms. The fourth-order valence-corrected chi connectivity index (χ4v) is 5.74. The molecule has 2 aliphatic rings. The van der Waals surface area contributed by atoms with E-state index < -0.39 is 11.4 Å². The van der Waals surface area contributed by atoms with Crippen molar-refractivity contribution in [1.82, 2.24) is 0 Å². The number of benzene rings is 2. The van der Waals surface area contributed by atoms with E-state index in [4.69, 9.17) is 23.2 Å². The fourth-order valence-electron chi connectivity index (χ4n) is 4.13. The minimum Gasteiger partial charge on any atom is -0.477 e. The number of hydrogen-bond donors (Lipinski definition) is 3. The van der Waals surface area contributed by atoms with E-state index in [1.54, 1.807) is 42.5 Å². The average molecular weight is 459 g/mol. The van der Waals surface area contributed by atoms with Crippen LogP contribution in [0.25, 0.3) is 11.1 Å². The van der Waals surface area contributed by atoms with Crippen molar-refractivity contribution in [2.45, 2.75) is 11.8 Å². The largest absolute Gasteiger partial charge is 0.477 e. The molecule has 3 aromatic rings. The second kappa shape index (κ2) is 6.57. The molecule has 2 aromatic carbocycles. The highest BCUT2D eigenvalue weighted by Gasteiger charge is 2.55. The fraction of sp³-hybridized carbons (Fsp3) is 0.0952. The van der Waals surface area contributed by atoms with Gasteiger partial charge in [-0.25, -0.2) is 4.79 Å². The average Bonchev–Trinajstić information content (AvgIpc) is 3.20. The number of aromatic carboxylic acids is 1. The first-order valence-corrected chi connectivity index (χ1v) is 10.5. The summed E-state index contributed by atoms with van der Waals surface area (Å²) in [4.78, 5) is 38.6. The van der Waals surface area contributed by atoms with E-state index in [1.807, 2.05) is 0 Å². The number of amides is 2. The van der Waals surface area contributed by atoms with Crippen LogP contribution in [0, 0.1) is 0 Å². The molecule has 3 N–H and O–H groups in total. The highest BCUT2D eigenvalue weighted by Crippen LogP contribution is 2.56. The molecular weight excluding hydrogens is 447 g/mol. The molecule has 1 spiro atoms. The monoisotopic (exact) mass is 458 g/mol. The number of carbonyl (C=O) groups is 3. The van der Waals surface area contributed by atoms with Gasteiger partial charge in [-0.15, -0.1) is 11.3 Å². The van der Waals surface area contributed by atoms with Gasteiger partial charge in [0.2, 0.25) is 11.8 Å². The van der Waals surface area contributed by atoms with Crippen molar-refractivity contribution in [3.05, 3.63) is 67.8 Å². The Morgan fingerprint density at radius 2 is 1.73 bits per heavy atom. The Hall–Kier alpha value is -2.87. The van der Waals surface area contributed by atoms with Crippen LogP contribution in [0.15, 0.2) is 42.5 Å². The molecule has 2 amide bonds. The van der Waals surface area contributed by atoms with Crippen molar-refractivity contribution in [3.63, 3.8) is 0 Å². The van der Waals surface area contributed by atoms with Crippen molar-refractivity contribution >= 4 is 63.7 Å². The number of fused-ring (bicyclic) bond motifs is 4. The molecule has 0 aliphatic carbocycles. The Morgan fingerprint density at radius 1 is 1.03 bits per heavy atom. The van der Waals surface area contributed by atoms with Crippen LogP contribution in [-0.2, 0) is 15.0 Å². The number of carbonyl (C=O) groups excluding carboxylic acids is 2. The van der Waals surface area contributed by atoms with Crippen molar-refractivity contribution in [2.24, 2.45) is 0 Å². The smallest absolute Gasteiger partial charge is 0.346 e. The van der Waals surface area contributed by atoms with Crippen LogP contribution in [-0.4, -0.2) is 22.9 Å². The van der Waals surface area contributed by atoms with Crippen LogP contribution in [0.1, 0.15) is 26.5 Å². The summed E-state index contributed by atoms with van der Waals surface area (Å²) in [5.74, 6) is -1.90. The van der Waals surface area contributed by atoms with E-state index in [0.717, 1.165) is 11.3 Å². The maximum atomic E-state index is 13.2. The lowest BCUT2D eigenvalue weighted by Gasteiger charge is -2.31. The van der Waals surface area contributed by atoms with E-state index in [-0.39, 0.29) is 23.1 Å². The number of carboxylic acids is 1. The molecule has 1 aromatic heterocycles. The third-order valence-corrected chi connectivity index (χ3v) is 7.22. The Balaban J connectivity index is 1.85. The van der Waals surface area contributed by atoms with E-state index in [2.05, 4.69) is 10.6 Å². The molecule has 0 saturated heterocycles. The Kier molecular flexibility index (Phi) is 4.18. The summed E-state index contributed by atoms with van der Waals surface area (Å²) >= 11 is 13.2. The zero-order chi connectivity index (χ0) is 21.2. The van der Waals surface area contributed by atoms with E-state index in [1.165, 1.54) is 0 Å². The van der Waals surface area contributed by atoms with Gasteiger partial charge in [-0.05, 0) is 41.5 Å². The zero-order valence-corrected chi connectivity index (χ0v) is 17.4. The van der Waals surface area contributed by atoms with E-state index >= 15 is 0 Å². The van der Waals surface area contributed by atoms with Gasteiger partial charge in [-0.3, -0.25) is 9.59 Å². The second-order valence-corrected chi connectivity index (χ2v) is 8.99. The van der Waals surface area contributed by atoms with Crippen LogP contribution in [0.3, 0.4) is 0 Å². The molecule has 9 heteroatoms. The summed E-state index contributed by atoms with van der Waals surface area (Å²) in [5.41, 5.74) is 1.06. The lowest BCUT2D eigenvalue weighted by Crippen LogP contribution is -2.42. The maximum absolute atomic E-state index is 13.2. The summed E-state index contributed by atoms with van der Waals surface area (Å²) < 4.78 is 0. The van der Waals surface area contributed by atoms with Gasteiger partial charge in [0, 0.05) is 21.3 Å². The van der Waals surface area contributed by atoms with Gasteiger partial charge in [-0.1, -0.05) is 35.3 Å². The number of rotatable bonds is 2. The third-order valence-electron chi connectivity index (χ3n) is 5.39. The lowest BCUT2D eigenvalue weighted by atomic mass is 9.74. The molecule has 1 atom stereocenters. The second-order valence-electron chi connectivity index (χ2n) is 7.10. The summed E-state index contributed by atoms with van der Waals surface area (Å²) in [5, 5.41) is 16.4. The van der Waals surface area contributed by atoms with Gasteiger partial charge < -0.3 is 15.7 Å². The summed E-state index contributed by atoms with van der Waals surface area (Å²) in [6.07, 6.45) is -0.140. The highest BCUT2D eigenvalue weighted by atomic mass is 35.5. The number of anilines is 2. The number of nitrogens with one attached hydrogen (secondary N) is 2. The zero-order valence-electron chi connectivity index (χ0n) is 15.1. The summed E-state index contributed by atoms with van der Waals surface area (Å²) in [6.45, 7) is 0. The maximum Gasteiger partial charge on any atom is 0.346 e. The van der Waals surface area contributed by atoms with Crippen LogP contribution >= 0.6 is 34.5 Å².